The van der Waals surface area contributed by atoms with Crippen molar-refractivity contribution in [2.24, 2.45) is 0 Å². The van der Waals surface area contributed by atoms with Crippen LogP contribution in [0.4, 0.5) is 5.69 Å². The summed E-state index contributed by atoms with van der Waals surface area (Å²) in [6.07, 6.45) is 1.44. The predicted octanol–water partition coefficient (Wildman–Crippen LogP) is 2.43. The van der Waals surface area contributed by atoms with Crippen LogP contribution >= 0.6 is 0 Å². The third-order valence-corrected chi connectivity index (χ3v) is 3.62. The third-order valence-electron chi connectivity index (χ3n) is 3.62. The molecule has 2 aromatic rings. The molecular formula is C18H22N2O6. The number of methoxy groups -OCH3 is 2. The molecule has 8 nitrogen and oxygen atoms in total. The average molecular weight is 362 g/mol. The zero-order chi connectivity index (χ0) is 19.3. The zero-order valence-corrected chi connectivity index (χ0v) is 15.2. The van der Waals surface area contributed by atoms with Gasteiger partial charge in [0.15, 0.2) is 5.69 Å². The summed E-state index contributed by atoms with van der Waals surface area (Å²) in [7, 11) is 3.03. The topological polar surface area (TPSA) is 102 Å². The summed E-state index contributed by atoms with van der Waals surface area (Å²) in [4.78, 5) is 24.6. The number of carbonyl (C=O) groups is 2. The molecule has 2 rings (SSSR count). The van der Waals surface area contributed by atoms with Crippen LogP contribution in [0.15, 0.2) is 24.4 Å². The number of ether oxygens (including phenoxy) is 4. The molecule has 1 aromatic carbocycles. The Morgan fingerprint density at radius 3 is 2.00 bits per heavy atom. The fraction of sp³-hybridized carbons (Fsp3) is 0.333. The summed E-state index contributed by atoms with van der Waals surface area (Å²) >= 11 is 0. The molecule has 26 heavy (non-hydrogen) atoms. The van der Waals surface area contributed by atoms with E-state index in [9.17, 15) is 9.59 Å². The summed E-state index contributed by atoms with van der Waals surface area (Å²) < 4.78 is 22.1. The van der Waals surface area contributed by atoms with Gasteiger partial charge in [0.2, 0.25) is 0 Å². The molecular weight excluding hydrogens is 340 g/mol. The molecule has 0 aliphatic heterocycles. The number of nitrogens with zero attached hydrogens (tertiary/aromatic N) is 1. The smallest absolute Gasteiger partial charge is 0.357 e. The number of nitrogens with two attached hydrogens (primary N) is 1. The number of hydrogen-bond donors (Lipinski definition) is 1. The molecule has 0 aliphatic carbocycles. The minimum atomic E-state index is -0.651. The van der Waals surface area contributed by atoms with Gasteiger partial charge in [-0.25, -0.2) is 9.59 Å². The Hall–Kier alpha value is -3.16. The van der Waals surface area contributed by atoms with Crippen LogP contribution in [0.5, 0.6) is 11.5 Å². The molecule has 0 spiro atoms. The van der Waals surface area contributed by atoms with Crippen LogP contribution in [-0.2, 0) is 9.47 Å². The van der Waals surface area contributed by atoms with E-state index in [-0.39, 0.29) is 30.2 Å². The highest BCUT2D eigenvalue weighted by Gasteiger charge is 2.26. The Morgan fingerprint density at radius 1 is 0.962 bits per heavy atom. The van der Waals surface area contributed by atoms with Crippen LogP contribution in [0.3, 0.4) is 0 Å². The fourth-order valence-electron chi connectivity index (χ4n) is 2.43. The lowest BCUT2D eigenvalue weighted by Crippen LogP contribution is -2.13. The number of anilines is 1. The van der Waals surface area contributed by atoms with Crippen molar-refractivity contribution in [2.45, 2.75) is 13.8 Å². The predicted molar refractivity (Wildman–Crippen MR) is 95.2 cm³/mol. The van der Waals surface area contributed by atoms with Crippen molar-refractivity contribution in [2.75, 3.05) is 33.2 Å². The van der Waals surface area contributed by atoms with E-state index in [0.717, 1.165) is 0 Å². The van der Waals surface area contributed by atoms with Crippen LogP contribution < -0.4 is 15.2 Å². The van der Waals surface area contributed by atoms with Crippen LogP contribution in [0.25, 0.3) is 5.69 Å². The van der Waals surface area contributed by atoms with Crippen LogP contribution in [0, 0.1) is 0 Å². The molecule has 0 aliphatic rings. The Labute approximate surface area is 151 Å². The quantitative estimate of drug-likeness (QED) is 0.755. The molecule has 1 aromatic heterocycles. The molecule has 0 unspecified atom stereocenters. The van der Waals surface area contributed by atoms with Gasteiger partial charge in [-0.15, -0.1) is 0 Å². The van der Waals surface area contributed by atoms with Gasteiger partial charge < -0.3 is 29.2 Å². The molecule has 0 bridgehead atoms. The lowest BCUT2D eigenvalue weighted by molar-refractivity contribution is 0.0516. The summed E-state index contributed by atoms with van der Waals surface area (Å²) in [6.45, 7) is 3.72. The van der Waals surface area contributed by atoms with Gasteiger partial charge in [-0.1, -0.05) is 0 Å². The first-order chi connectivity index (χ1) is 12.5. The molecule has 0 atom stereocenters. The van der Waals surface area contributed by atoms with Gasteiger partial charge in [-0.05, 0) is 13.8 Å². The molecule has 140 valence electrons. The maximum Gasteiger partial charge on any atom is 0.357 e. The maximum absolute atomic E-state index is 12.4. The number of carbonyl (C=O) groups excluding carboxylic acids is 2. The van der Waals surface area contributed by atoms with Crippen molar-refractivity contribution in [3.63, 3.8) is 0 Å². The van der Waals surface area contributed by atoms with Gasteiger partial charge in [-0.3, -0.25) is 0 Å². The monoisotopic (exact) mass is 362 g/mol. The van der Waals surface area contributed by atoms with E-state index in [1.807, 2.05) is 0 Å². The van der Waals surface area contributed by atoms with E-state index in [4.69, 9.17) is 24.7 Å². The van der Waals surface area contributed by atoms with E-state index < -0.39 is 11.9 Å². The standard InChI is InChI=1S/C18H22N2O6/c1-5-25-17(21)14-10-20(16(15(14)19)18(22)26-6-2)11-7-12(23-3)9-13(8-11)24-4/h7-10H,5-6,19H2,1-4H3. The average Bonchev–Trinajstić information content (AvgIpc) is 2.99. The van der Waals surface area contributed by atoms with Crippen molar-refractivity contribution in [1.82, 2.24) is 4.57 Å². The van der Waals surface area contributed by atoms with Crippen LogP contribution in [0.1, 0.15) is 34.7 Å². The van der Waals surface area contributed by atoms with Gasteiger partial charge >= 0.3 is 11.9 Å². The van der Waals surface area contributed by atoms with Crippen molar-refractivity contribution in [3.05, 3.63) is 35.7 Å². The van der Waals surface area contributed by atoms with E-state index in [2.05, 4.69) is 0 Å². The highest BCUT2D eigenvalue weighted by Crippen LogP contribution is 2.30. The Balaban J connectivity index is 2.68. The number of aromatic nitrogens is 1. The number of hydrogen-bond acceptors (Lipinski definition) is 7. The molecule has 0 saturated carbocycles. The van der Waals surface area contributed by atoms with Gasteiger partial charge in [0.25, 0.3) is 0 Å². The molecule has 8 heteroatoms. The van der Waals surface area contributed by atoms with Gasteiger partial charge in [-0.2, -0.15) is 0 Å². The molecule has 1 heterocycles. The maximum atomic E-state index is 12.4. The number of rotatable bonds is 7. The second-order valence-corrected chi connectivity index (χ2v) is 5.19. The summed E-state index contributed by atoms with van der Waals surface area (Å²) in [5.74, 6) is -0.246. The second kappa shape index (κ2) is 8.28. The number of benzene rings is 1. The Bertz CT molecular complexity index is 790. The minimum absolute atomic E-state index is 0.0105. The minimum Gasteiger partial charge on any atom is -0.497 e. The highest BCUT2D eigenvalue weighted by atomic mass is 16.5. The SMILES string of the molecule is CCOC(=O)c1cn(-c2cc(OC)cc(OC)c2)c(C(=O)OCC)c1N. The van der Waals surface area contributed by atoms with Crippen molar-refractivity contribution in [3.8, 4) is 17.2 Å². The first kappa shape index (κ1) is 19.2. The second-order valence-electron chi connectivity index (χ2n) is 5.19. The summed E-state index contributed by atoms with van der Waals surface area (Å²) in [6, 6.07) is 5.05. The van der Waals surface area contributed by atoms with Crippen molar-refractivity contribution >= 4 is 17.6 Å². The van der Waals surface area contributed by atoms with Crippen molar-refractivity contribution < 1.29 is 28.5 Å². The third kappa shape index (κ3) is 3.74. The van der Waals surface area contributed by atoms with E-state index >= 15 is 0 Å². The summed E-state index contributed by atoms with van der Waals surface area (Å²) in [5.41, 5.74) is 6.68. The van der Waals surface area contributed by atoms with Gasteiger partial charge in [0, 0.05) is 24.4 Å². The molecule has 0 saturated heterocycles. The van der Waals surface area contributed by atoms with E-state index in [1.165, 1.54) is 25.0 Å². The lowest BCUT2D eigenvalue weighted by Gasteiger charge is -2.12. The van der Waals surface area contributed by atoms with Crippen LogP contribution in [0.2, 0.25) is 0 Å². The van der Waals surface area contributed by atoms with Crippen molar-refractivity contribution in [1.29, 1.82) is 0 Å². The normalized spacial score (nSPS) is 10.3. The Kier molecular flexibility index (Phi) is 6.11. The first-order valence-electron chi connectivity index (χ1n) is 8.05. The molecule has 0 fully saturated rings. The zero-order valence-electron chi connectivity index (χ0n) is 15.2. The van der Waals surface area contributed by atoms with Crippen LogP contribution in [-0.4, -0.2) is 43.9 Å². The first-order valence-corrected chi connectivity index (χ1v) is 8.05. The molecule has 0 radical (unpaired) electrons. The fourth-order valence-corrected chi connectivity index (χ4v) is 2.43. The van der Waals surface area contributed by atoms with E-state index in [0.29, 0.717) is 17.2 Å². The Morgan fingerprint density at radius 2 is 1.50 bits per heavy atom. The number of nitrogen functional groups attached to an aromatic ring is 1. The van der Waals surface area contributed by atoms with Gasteiger partial charge in [0.05, 0.1) is 38.8 Å². The van der Waals surface area contributed by atoms with E-state index in [1.54, 1.807) is 32.0 Å². The number of esters is 2. The molecule has 0 amide bonds. The summed E-state index contributed by atoms with van der Waals surface area (Å²) in [5, 5.41) is 0. The lowest BCUT2D eigenvalue weighted by atomic mass is 10.2. The largest absolute Gasteiger partial charge is 0.497 e. The highest BCUT2D eigenvalue weighted by molar-refractivity contribution is 6.04. The molecule has 2 N–H and O–H groups in total. The van der Waals surface area contributed by atoms with Gasteiger partial charge in [0.1, 0.15) is 17.1 Å².